The number of carbonyl (C=O) groups is 1. The van der Waals surface area contributed by atoms with Gasteiger partial charge in [0.2, 0.25) is 0 Å². The van der Waals surface area contributed by atoms with Crippen LogP contribution in [-0.4, -0.2) is 30.1 Å². The van der Waals surface area contributed by atoms with Crippen molar-refractivity contribution in [2.75, 3.05) is 5.32 Å². The third-order valence-corrected chi connectivity index (χ3v) is 4.21. The summed E-state index contributed by atoms with van der Waals surface area (Å²) in [7, 11) is 0. The highest BCUT2D eigenvalue weighted by Crippen LogP contribution is 2.17. The Labute approximate surface area is 145 Å². The van der Waals surface area contributed by atoms with Crippen molar-refractivity contribution in [3.63, 3.8) is 0 Å². The van der Waals surface area contributed by atoms with Crippen molar-refractivity contribution in [3.8, 4) is 5.69 Å². The number of rotatable bonds is 3. The number of anilines is 1. The number of amides is 1. The van der Waals surface area contributed by atoms with Crippen LogP contribution in [0.3, 0.4) is 0 Å². The zero-order valence-corrected chi connectivity index (χ0v) is 13.9. The Morgan fingerprint density at radius 1 is 1.28 bits per heavy atom. The van der Waals surface area contributed by atoms with Crippen molar-refractivity contribution in [3.05, 3.63) is 70.0 Å². The second kappa shape index (κ2) is 5.95. The Morgan fingerprint density at radius 3 is 2.88 bits per heavy atom. The molecule has 0 saturated carbocycles. The van der Waals surface area contributed by atoms with Crippen LogP contribution in [0.1, 0.15) is 16.2 Å². The normalized spacial score (nSPS) is 10.9. The number of nitrogens with zero attached hydrogens (tertiary/aromatic N) is 5. The number of thiazole rings is 1. The Kier molecular flexibility index (Phi) is 3.62. The number of pyridine rings is 1. The van der Waals surface area contributed by atoms with Gasteiger partial charge in [-0.1, -0.05) is 0 Å². The van der Waals surface area contributed by atoms with E-state index in [4.69, 9.17) is 0 Å². The quantitative estimate of drug-likeness (QED) is 0.608. The lowest BCUT2D eigenvalue weighted by molar-refractivity contribution is 0.101. The molecule has 4 aromatic rings. The molecule has 1 amide bonds. The highest BCUT2D eigenvalue weighted by atomic mass is 32.1. The maximum absolute atomic E-state index is 12.7. The molecule has 8 nitrogen and oxygen atoms in total. The van der Waals surface area contributed by atoms with Crippen LogP contribution in [-0.2, 0) is 0 Å². The molecule has 1 N–H and O–H groups in total. The van der Waals surface area contributed by atoms with Crippen molar-refractivity contribution in [1.82, 2.24) is 24.1 Å². The van der Waals surface area contributed by atoms with Gasteiger partial charge in [0.25, 0.3) is 11.5 Å². The van der Waals surface area contributed by atoms with E-state index < -0.39 is 0 Å². The first-order valence-electron chi connectivity index (χ1n) is 7.37. The molecule has 0 aromatic carbocycles. The summed E-state index contributed by atoms with van der Waals surface area (Å²) in [5.74, 6) is -0.388. The SMILES string of the molecule is Cc1cc(=O)n2c(cc(C(=O)Nc3nccs3)n2-c2cccnc2)n1. The van der Waals surface area contributed by atoms with Gasteiger partial charge in [-0.15, -0.1) is 11.3 Å². The fourth-order valence-corrected chi connectivity index (χ4v) is 3.06. The van der Waals surface area contributed by atoms with Crippen LogP contribution in [0.2, 0.25) is 0 Å². The molecule has 9 heteroatoms. The smallest absolute Gasteiger partial charge is 0.276 e. The van der Waals surface area contributed by atoms with Gasteiger partial charge in [0.05, 0.1) is 11.9 Å². The van der Waals surface area contributed by atoms with Gasteiger partial charge in [0, 0.05) is 35.6 Å². The molecule has 0 aliphatic carbocycles. The lowest BCUT2D eigenvalue weighted by Gasteiger charge is -2.10. The lowest BCUT2D eigenvalue weighted by Crippen LogP contribution is -2.24. The summed E-state index contributed by atoms with van der Waals surface area (Å²) >= 11 is 1.31. The molecule has 4 rings (SSSR count). The van der Waals surface area contributed by atoms with E-state index in [0.717, 1.165) is 0 Å². The van der Waals surface area contributed by atoms with Gasteiger partial charge in [-0.3, -0.25) is 19.9 Å². The van der Waals surface area contributed by atoms with E-state index in [0.29, 0.717) is 22.2 Å². The minimum Gasteiger partial charge on any atom is -0.296 e. The van der Waals surface area contributed by atoms with Crippen LogP contribution in [0.4, 0.5) is 5.13 Å². The Balaban J connectivity index is 1.95. The predicted octanol–water partition coefficient (Wildman–Crippen LogP) is 1.90. The van der Waals surface area contributed by atoms with Gasteiger partial charge in [0.1, 0.15) is 5.69 Å². The van der Waals surface area contributed by atoms with Crippen LogP contribution in [0, 0.1) is 6.92 Å². The van der Waals surface area contributed by atoms with Gasteiger partial charge in [-0.25, -0.2) is 14.6 Å². The molecule has 0 atom stereocenters. The first-order chi connectivity index (χ1) is 12.1. The summed E-state index contributed by atoms with van der Waals surface area (Å²) in [5.41, 5.74) is 1.53. The second-order valence-electron chi connectivity index (χ2n) is 5.25. The van der Waals surface area contributed by atoms with Crippen LogP contribution in [0.5, 0.6) is 0 Å². The molecule has 0 aliphatic rings. The van der Waals surface area contributed by atoms with Crippen LogP contribution < -0.4 is 10.9 Å². The van der Waals surface area contributed by atoms with Gasteiger partial charge in [-0.05, 0) is 19.1 Å². The van der Waals surface area contributed by atoms with Crippen molar-refractivity contribution in [2.45, 2.75) is 6.92 Å². The average Bonchev–Trinajstić information content (AvgIpc) is 3.23. The molecule has 0 bridgehead atoms. The molecule has 0 radical (unpaired) electrons. The highest BCUT2D eigenvalue weighted by Gasteiger charge is 2.20. The van der Waals surface area contributed by atoms with Crippen LogP contribution in [0.15, 0.2) is 53.0 Å². The molecular formula is C16H12N6O2S. The molecule has 4 aromatic heterocycles. The van der Waals surface area contributed by atoms with Gasteiger partial charge in [0.15, 0.2) is 10.8 Å². The number of hydrogen-bond donors (Lipinski definition) is 1. The molecule has 0 spiro atoms. The van der Waals surface area contributed by atoms with Gasteiger partial charge >= 0.3 is 0 Å². The highest BCUT2D eigenvalue weighted by molar-refractivity contribution is 7.13. The van der Waals surface area contributed by atoms with E-state index in [-0.39, 0.29) is 17.2 Å². The average molecular weight is 352 g/mol. The van der Waals surface area contributed by atoms with Crippen molar-refractivity contribution >= 4 is 28.0 Å². The van der Waals surface area contributed by atoms with E-state index in [1.807, 2.05) is 0 Å². The third-order valence-electron chi connectivity index (χ3n) is 3.52. The van der Waals surface area contributed by atoms with E-state index in [1.165, 1.54) is 26.6 Å². The Morgan fingerprint density at radius 2 is 2.16 bits per heavy atom. The monoisotopic (exact) mass is 352 g/mol. The Hall–Kier alpha value is -3.33. The third kappa shape index (κ3) is 2.70. The first-order valence-corrected chi connectivity index (χ1v) is 8.25. The summed E-state index contributed by atoms with van der Waals surface area (Å²) in [4.78, 5) is 37.7. The minimum atomic E-state index is -0.388. The summed E-state index contributed by atoms with van der Waals surface area (Å²) in [6.07, 6.45) is 4.80. The zero-order valence-electron chi connectivity index (χ0n) is 13.1. The molecule has 0 aliphatic heterocycles. The molecule has 124 valence electrons. The first kappa shape index (κ1) is 15.2. The number of hydrogen-bond acceptors (Lipinski definition) is 6. The minimum absolute atomic E-state index is 0.262. The zero-order chi connectivity index (χ0) is 17.4. The van der Waals surface area contributed by atoms with Crippen molar-refractivity contribution < 1.29 is 4.79 Å². The van der Waals surface area contributed by atoms with Crippen LogP contribution >= 0.6 is 11.3 Å². The Bertz CT molecular complexity index is 1110. The van der Waals surface area contributed by atoms with Gasteiger partial charge in [-0.2, -0.15) is 4.52 Å². The van der Waals surface area contributed by atoms with E-state index >= 15 is 0 Å². The second-order valence-corrected chi connectivity index (χ2v) is 6.14. The lowest BCUT2D eigenvalue weighted by atomic mass is 10.3. The number of fused-ring (bicyclic) bond motifs is 1. The molecule has 4 heterocycles. The molecule has 0 fully saturated rings. The summed E-state index contributed by atoms with van der Waals surface area (Å²) in [5, 5.41) is 4.97. The summed E-state index contributed by atoms with van der Waals surface area (Å²) in [6.45, 7) is 1.73. The molecule has 25 heavy (non-hydrogen) atoms. The topological polar surface area (TPSA) is 94.2 Å². The van der Waals surface area contributed by atoms with E-state index in [2.05, 4.69) is 20.3 Å². The van der Waals surface area contributed by atoms with Crippen molar-refractivity contribution in [2.24, 2.45) is 0 Å². The van der Waals surface area contributed by atoms with Gasteiger partial charge < -0.3 is 0 Å². The molecule has 0 saturated heterocycles. The number of carbonyl (C=O) groups excluding carboxylic acids is 1. The van der Waals surface area contributed by atoms with E-state index in [1.54, 1.807) is 49.1 Å². The maximum atomic E-state index is 12.7. The molecular weight excluding hydrogens is 340 g/mol. The fourth-order valence-electron chi connectivity index (χ4n) is 2.54. The summed E-state index contributed by atoms with van der Waals surface area (Å²) in [6, 6.07) is 6.49. The molecule has 0 unspecified atom stereocenters. The van der Waals surface area contributed by atoms with Crippen LogP contribution in [0.25, 0.3) is 11.3 Å². The predicted molar refractivity (Wildman–Crippen MR) is 93.4 cm³/mol. The number of aryl methyl sites for hydroxylation is 1. The standard InChI is InChI=1S/C16H12N6O2S/c1-10-7-14(23)22-13(19-10)8-12(15(24)20-16-18-5-6-25-16)21(22)11-3-2-4-17-9-11/h2-9H,1H3,(H,18,20,24). The number of nitrogens with one attached hydrogen (secondary N) is 1. The van der Waals surface area contributed by atoms with Crippen molar-refractivity contribution in [1.29, 1.82) is 0 Å². The number of aromatic nitrogens is 5. The summed E-state index contributed by atoms with van der Waals surface area (Å²) < 4.78 is 2.85. The largest absolute Gasteiger partial charge is 0.296 e. The fraction of sp³-hybridized carbons (Fsp3) is 0.0625. The maximum Gasteiger partial charge on any atom is 0.276 e. The van der Waals surface area contributed by atoms with E-state index in [9.17, 15) is 9.59 Å².